The molecule has 0 unspecified atom stereocenters. The zero-order chi connectivity index (χ0) is 13.5. The SMILES string of the molecule is Cc1cccc(C2CC(NCCCOCCO)C2)c1. The van der Waals surface area contributed by atoms with Gasteiger partial charge in [0, 0.05) is 12.6 Å². The van der Waals surface area contributed by atoms with E-state index in [9.17, 15) is 0 Å². The van der Waals surface area contributed by atoms with Gasteiger partial charge in [0.25, 0.3) is 0 Å². The lowest BCUT2D eigenvalue weighted by Gasteiger charge is -2.36. The van der Waals surface area contributed by atoms with Crippen molar-refractivity contribution in [3.05, 3.63) is 35.4 Å². The maximum absolute atomic E-state index is 8.57. The van der Waals surface area contributed by atoms with Crippen molar-refractivity contribution in [1.29, 1.82) is 0 Å². The molecule has 1 aliphatic carbocycles. The van der Waals surface area contributed by atoms with E-state index in [0.717, 1.165) is 25.5 Å². The summed E-state index contributed by atoms with van der Waals surface area (Å²) in [5, 5.41) is 12.1. The number of nitrogens with one attached hydrogen (secondary N) is 1. The summed E-state index contributed by atoms with van der Waals surface area (Å²) in [6, 6.07) is 9.54. The van der Waals surface area contributed by atoms with Gasteiger partial charge in [-0.2, -0.15) is 0 Å². The number of benzene rings is 1. The maximum atomic E-state index is 8.57. The number of aryl methyl sites for hydroxylation is 1. The molecule has 3 nitrogen and oxygen atoms in total. The Labute approximate surface area is 116 Å². The monoisotopic (exact) mass is 263 g/mol. The minimum absolute atomic E-state index is 0.119. The zero-order valence-corrected chi connectivity index (χ0v) is 11.8. The van der Waals surface area contributed by atoms with Crippen LogP contribution in [0.1, 0.15) is 36.3 Å². The van der Waals surface area contributed by atoms with Crippen LogP contribution in [0, 0.1) is 6.92 Å². The van der Waals surface area contributed by atoms with Gasteiger partial charge in [0.1, 0.15) is 0 Å². The molecular formula is C16H25NO2. The first-order valence-corrected chi connectivity index (χ1v) is 7.28. The van der Waals surface area contributed by atoms with E-state index < -0.39 is 0 Å². The standard InChI is InChI=1S/C16H25NO2/c1-13-4-2-5-14(10-13)15-11-16(12-15)17-6-3-8-19-9-7-18/h2,4-5,10,15-18H,3,6-9,11-12H2,1H3. The van der Waals surface area contributed by atoms with Crippen molar-refractivity contribution in [3.8, 4) is 0 Å². The molecule has 1 fully saturated rings. The molecule has 1 aliphatic rings. The zero-order valence-electron chi connectivity index (χ0n) is 11.8. The minimum atomic E-state index is 0.119. The molecule has 1 saturated carbocycles. The first-order valence-electron chi connectivity index (χ1n) is 7.28. The summed E-state index contributed by atoms with van der Waals surface area (Å²) in [6.45, 7) is 4.48. The Morgan fingerprint density at radius 1 is 1.32 bits per heavy atom. The molecule has 3 heteroatoms. The van der Waals surface area contributed by atoms with Gasteiger partial charge in [0.05, 0.1) is 13.2 Å². The molecule has 0 radical (unpaired) electrons. The molecule has 0 heterocycles. The van der Waals surface area contributed by atoms with Crippen molar-refractivity contribution in [1.82, 2.24) is 5.32 Å². The van der Waals surface area contributed by atoms with Gasteiger partial charge >= 0.3 is 0 Å². The second kappa shape index (κ2) is 7.63. The van der Waals surface area contributed by atoms with E-state index >= 15 is 0 Å². The van der Waals surface area contributed by atoms with E-state index in [1.54, 1.807) is 0 Å². The predicted octanol–water partition coefficient (Wildman–Crippen LogP) is 2.23. The Bertz CT molecular complexity index is 375. The van der Waals surface area contributed by atoms with Gasteiger partial charge in [-0.25, -0.2) is 0 Å². The molecule has 0 amide bonds. The van der Waals surface area contributed by atoms with E-state index in [-0.39, 0.29) is 6.61 Å². The first kappa shape index (κ1) is 14.5. The van der Waals surface area contributed by atoms with E-state index in [1.807, 2.05) is 0 Å². The van der Waals surface area contributed by atoms with E-state index in [0.29, 0.717) is 12.6 Å². The van der Waals surface area contributed by atoms with E-state index in [1.165, 1.54) is 24.0 Å². The number of ether oxygens (including phenoxy) is 1. The average molecular weight is 263 g/mol. The average Bonchev–Trinajstić information content (AvgIpc) is 2.35. The summed E-state index contributed by atoms with van der Waals surface area (Å²) in [4.78, 5) is 0. The lowest BCUT2D eigenvalue weighted by atomic mass is 9.75. The Morgan fingerprint density at radius 2 is 2.16 bits per heavy atom. The summed E-state index contributed by atoms with van der Waals surface area (Å²) in [5.41, 5.74) is 2.85. The van der Waals surface area contributed by atoms with Gasteiger partial charge in [0.2, 0.25) is 0 Å². The van der Waals surface area contributed by atoms with Crippen LogP contribution in [0.15, 0.2) is 24.3 Å². The Morgan fingerprint density at radius 3 is 2.89 bits per heavy atom. The van der Waals surface area contributed by atoms with Gasteiger partial charge in [-0.3, -0.25) is 0 Å². The van der Waals surface area contributed by atoms with Crippen molar-refractivity contribution in [2.24, 2.45) is 0 Å². The number of rotatable bonds is 8. The van der Waals surface area contributed by atoms with Gasteiger partial charge in [0.15, 0.2) is 0 Å². The molecule has 2 N–H and O–H groups in total. The number of aliphatic hydroxyl groups excluding tert-OH is 1. The number of aliphatic hydroxyl groups is 1. The highest BCUT2D eigenvalue weighted by Crippen LogP contribution is 2.36. The fraction of sp³-hybridized carbons (Fsp3) is 0.625. The third-order valence-electron chi connectivity index (χ3n) is 3.79. The fourth-order valence-corrected chi connectivity index (χ4v) is 2.63. The van der Waals surface area contributed by atoms with Crippen molar-refractivity contribution >= 4 is 0 Å². The van der Waals surface area contributed by atoms with E-state index in [2.05, 4.69) is 36.5 Å². The highest BCUT2D eigenvalue weighted by molar-refractivity contribution is 5.27. The highest BCUT2D eigenvalue weighted by Gasteiger charge is 2.29. The largest absolute Gasteiger partial charge is 0.394 e. The third kappa shape index (κ3) is 4.60. The summed E-state index contributed by atoms with van der Waals surface area (Å²) in [6.07, 6.45) is 3.52. The molecule has 0 aromatic heterocycles. The smallest absolute Gasteiger partial charge is 0.0697 e. The van der Waals surface area contributed by atoms with Crippen LogP contribution in [0.25, 0.3) is 0 Å². The van der Waals surface area contributed by atoms with Crippen molar-refractivity contribution < 1.29 is 9.84 Å². The van der Waals surface area contributed by atoms with Crippen LogP contribution < -0.4 is 5.32 Å². The lowest BCUT2D eigenvalue weighted by molar-refractivity contribution is 0.0897. The highest BCUT2D eigenvalue weighted by atomic mass is 16.5. The van der Waals surface area contributed by atoms with Crippen LogP contribution in [-0.2, 0) is 4.74 Å². The summed E-state index contributed by atoms with van der Waals surface area (Å²) in [5.74, 6) is 0.739. The molecule has 0 saturated heterocycles. The summed E-state index contributed by atoms with van der Waals surface area (Å²) >= 11 is 0. The Kier molecular flexibility index (Phi) is 5.83. The third-order valence-corrected chi connectivity index (χ3v) is 3.79. The maximum Gasteiger partial charge on any atom is 0.0697 e. The van der Waals surface area contributed by atoms with Gasteiger partial charge in [-0.1, -0.05) is 29.8 Å². The molecular weight excluding hydrogens is 238 g/mol. The van der Waals surface area contributed by atoms with Crippen molar-refractivity contribution in [2.45, 2.75) is 38.1 Å². The normalized spacial score (nSPS) is 22.2. The van der Waals surface area contributed by atoms with Gasteiger partial charge in [-0.05, 0) is 44.2 Å². The molecule has 106 valence electrons. The first-order chi connectivity index (χ1) is 9.29. The summed E-state index contributed by atoms with van der Waals surface area (Å²) < 4.78 is 5.23. The quantitative estimate of drug-likeness (QED) is 0.707. The molecule has 2 rings (SSSR count). The Hall–Kier alpha value is -0.900. The van der Waals surface area contributed by atoms with Crippen LogP contribution in [0.4, 0.5) is 0 Å². The van der Waals surface area contributed by atoms with Gasteiger partial charge in [-0.15, -0.1) is 0 Å². The molecule has 1 aromatic carbocycles. The number of hydrogen-bond donors (Lipinski definition) is 2. The summed E-state index contributed by atoms with van der Waals surface area (Å²) in [7, 11) is 0. The topological polar surface area (TPSA) is 41.5 Å². The predicted molar refractivity (Wildman–Crippen MR) is 77.5 cm³/mol. The molecule has 0 bridgehead atoms. The second-order valence-corrected chi connectivity index (χ2v) is 5.42. The van der Waals surface area contributed by atoms with Crippen LogP contribution >= 0.6 is 0 Å². The van der Waals surface area contributed by atoms with Crippen LogP contribution in [0.3, 0.4) is 0 Å². The van der Waals surface area contributed by atoms with Crippen LogP contribution in [0.2, 0.25) is 0 Å². The number of hydrogen-bond acceptors (Lipinski definition) is 3. The second-order valence-electron chi connectivity index (χ2n) is 5.42. The van der Waals surface area contributed by atoms with Gasteiger partial charge < -0.3 is 15.2 Å². The molecule has 0 atom stereocenters. The molecule has 0 aliphatic heterocycles. The molecule has 0 spiro atoms. The lowest BCUT2D eigenvalue weighted by Crippen LogP contribution is -2.40. The molecule has 19 heavy (non-hydrogen) atoms. The van der Waals surface area contributed by atoms with Crippen LogP contribution in [0.5, 0.6) is 0 Å². The van der Waals surface area contributed by atoms with Crippen molar-refractivity contribution in [2.75, 3.05) is 26.4 Å². The molecule has 1 aromatic rings. The minimum Gasteiger partial charge on any atom is -0.394 e. The van der Waals surface area contributed by atoms with E-state index in [4.69, 9.17) is 9.84 Å². The Balaban J connectivity index is 1.56. The fourth-order valence-electron chi connectivity index (χ4n) is 2.63. The van der Waals surface area contributed by atoms with Crippen molar-refractivity contribution in [3.63, 3.8) is 0 Å². The van der Waals surface area contributed by atoms with Crippen LogP contribution in [-0.4, -0.2) is 37.5 Å².